The Bertz CT molecular complexity index is 937. The van der Waals surface area contributed by atoms with E-state index in [1.807, 2.05) is 0 Å². The van der Waals surface area contributed by atoms with E-state index >= 15 is 0 Å². The number of non-ortho nitro benzene ring substituents is 1. The zero-order valence-corrected chi connectivity index (χ0v) is 12.4. The van der Waals surface area contributed by atoms with Crippen LogP contribution in [0.5, 0.6) is 5.88 Å². The number of benzene rings is 1. The van der Waals surface area contributed by atoms with E-state index in [9.17, 15) is 19.7 Å². The molecule has 1 aromatic heterocycles. The highest BCUT2D eigenvalue weighted by atomic mass is 16.6. The summed E-state index contributed by atoms with van der Waals surface area (Å²) in [5, 5.41) is 10.7. The number of rotatable bonds is 2. The number of fused-ring (bicyclic) bond motifs is 1. The number of hydrogen-bond donors (Lipinski definition) is 0. The Kier molecular flexibility index (Phi) is 3.36. The van der Waals surface area contributed by atoms with E-state index in [2.05, 4.69) is 0 Å². The lowest BCUT2D eigenvalue weighted by Crippen LogP contribution is -2.40. The third-order valence-electron chi connectivity index (χ3n) is 3.87. The number of aromatic nitrogens is 2. The standard InChI is InChI=1S/C15H13N3O5/c1-16-13(19)12-11(7-8-23-14(12)17(2)15(16)20)9-3-5-10(6-4-9)18(21)22/h3-8,11H,1-2H3. The van der Waals surface area contributed by atoms with Crippen molar-refractivity contribution in [2.75, 3.05) is 0 Å². The Hall–Kier alpha value is -3.16. The molecule has 2 aromatic rings. The van der Waals surface area contributed by atoms with E-state index < -0.39 is 22.1 Å². The van der Waals surface area contributed by atoms with Crippen molar-refractivity contribution in [1.29, 1.82) is 0 Å². The van der Waals surface area contributed by atoms with Crippen molar-refractivity contribution < 1.29 is 9.66 Å². The number of allylic oxidation sites excluding steroid dienone is 1. The summed E-state index contributed by atoms with van der Waals surface area (Å²) in [6.07, 6.45) is 3.09. The van der Waals surface area contributed by atoms with Crippen LogP contribution in [0.25, 0.3) is 0 Å². The molecule has 0 bridgehead atoms. The van der Waals surface area contributed by atoms with E-state index in [4.69, 9.17) is 4.74 Å². The minimum Gasteiger partial charge on any atom is -0.448 e. The second kappa shape index (κ2) is 5.24. The third kappa shape index (κ3) is 2.24. The molecule has 0 spiro atoms. The van der Waals surface area contributed by atoms with Gasteiger partial charge in [-0.05, 0) is 11.6 Å². The smallest absolute Gasteiger partial charge is 0.333 e. The Morgan fingerprint density at radius 2 is 1.78 bits per heavy atom. The summed E-state index contributed by atoms with van der Waals surface area (Å²) in [7, 11) is 2.92. The number of nitrogens with zero attached hydrogens (tertiary/aromatic N) is 3. The fourth-order valence-corrected chi connectivity index (χ4v) is 2.62. The molecule has 8 heteroatoms. The first-order chi connectivity index (χ1) is 10.9. The molecule has 1 atom stereocenters. The zero-order valence-electron chi connectivity index (χ0n) is 12.4. The molecule has 23 heavy (non-hydrogen) atoms. The highest BCUT2D eigenvalue weighted by molar-refractivity contribution is 5.45. The van der Waals surface area contributed by atoms with Crippen LogP contribution >= 0.6 is 0 Å². The van der Waals surface area contributed by atoms with Crippen molar-refractivity contribution in [2.24, 2.45) is 14.1 Å². The van der Waals surface area contributed by atoms with E-state index in [0.717, 1.165) is 4.57 Å². The van der Waals surface area contributed by atoms with E-state index in [-0.39, 0.29) is 11.6 Å². The lowest BCUT2D eigenvalue weighted by molar-refractivity contribution is -0.384. The first-order valence-electron chi connectivity index (χ1n) is 6.79. The predicted octanol–water partition coefficient (Wildman–Crippen LogP) is 1.03. The fourth-order valence-electron chi connectivity index (χ4n) is 2.62. The van der Waals surface area contributed by atoms with Crippen LogP contribution in [-0.4, -0.2) is 14.1 Å². The van der Waals surface area contributed by atoms with Crippen molar-refractivity contribution in [3.63, 3.8) is 0 Å². The van der Waals surface area contributed by atoms with Crippen LogP contribution in [0, 0.1) is 10.1 Å². The van der Waals surface area contributed by atoms with Gasteiger partial charge in [-0.25, -0.2) is 4.79 Å². The summed E-state index contributed by atoms with van der Waals surface area (Å²) in [5.41, 5.74) is 0.0683. The lowest BCUT2D eigenvalue weighted by Gasteiger charge is -2.22. The van der Waals surface area contributed by atoms with Crippen molar-refractivity contribution >= 4 is 5.69 Å². The lowest BCUT2D eigenvalue weighted by atomic mass is 9.91. The first-order valence-corrected chi connectivity index (χ1v) is 6.79. The number of hydrogen-bond acceptors (Lipinski definition) is 5. The molecule has 3 rings (SSSR count). The van der Waals surface area contributed by atoms with E-state index in [0.29, 0.717) is 11.1 Å². The van der Waals surface area contributed by atoms with Crippen LogP contribution in [0.3, 0.4) is 0 Å². The van der Waals surface area contributed by atoms with Crippen LogP contribution in [0.15, 0.2) is 46.2 Å². The molecule has 0 fully saturated rings. The van der Waals surface area contributed by atoms with Crippen LogP contribution in [0.2, 0.25) is 0 Å². The van der Waals surface area contributed by atoms with Gasteiger partial charge in [0, 0.05) is 32.1 Å². The van der Waals surface area contributed by atoms with Gasteiger partial charge in [0.15, 0.2) is 0 Å². The van der Waals surface area contributed by atoms with Gasteiger partial charge in [-0.3, -0.25) is 24.0 Å². The van der Waals surface area contributed by atoms with Crippen LogP contribution < -0.4 is 16.0 Å². The second-order valence-electron chi connectivity index (χ2n) is 5.20. The summed E-state index contributed by atoms with van der Waals surface area (Å²) in [6, 6.07) is 5.94. The summed E-state index contributed by atoms with van der Waals surface area (Å²) < 4.78 is 7.62. The molecule has 1 aliphatic rings. The van der Waals surface area contributed by atoms with Crippen LogP contribution in [0.1, 0.15) is 17.0 Å². The number of ether oxygens (including phenoxy) is 1. The molecule has 8 nitrogen and oxygen atoms in total. The minimum atomic E-state index is -0.486. The third-order valence-corrected chi connectivity index (χ3v) is 3.87. The fraction of sp³-hybridized carbons (Fsp3) is 0.200. The maximum absolute atomic E-state index is 12.5. The molecule has 0 N–H and O–H groups in total. The molecular weight excluding hydrogens is 302 g/mol. The van der Waals surface area contributed by atoms with E-state index in [1.165, 1.54) is 37.1 Å². The molecule has 0 amide bonds. The van der Waals surface area contributed by atoms with E-state index in [1.54, 1.807) is 18.2 Å². The molecule has 0 saturated carbocycles. The topological polar surface area (TPSA) is 96.4 Å². The zero-order chi connectivity index (χ0) is 16.7. The second-order valence-corrected chi connectivity index (χ2v) is 5.20. The Labute approximate surface area is 130 Å². The monoisotopic (exact) mass is 315 g/mol. The largest absolute Gasteiger partial charge is 0.448 e. The summed E-state index contributed by atoms with van der Waals surface area (Å²) >= 11 is 0. The van der Waals surface area contributed by atoms with Crippen molar-refractivity contribution in [3.05, 3.63) is 78.7 Å². The predicted molar refractivity (Wildman–Crippen MR) is 81.6 cm³/mol. The molecule has 1 aromatic carbocycles. The molecule has 1 unspecified atom stereocenters. The molecule has 118 valence electrons. The van der Waals surface area contributed by atoms with Gasteiger partial charge >= 0.3 is 5.69 Å². The maximum Gasteiger partial charge on any atom is 0.333 e. The van der Waals surface area contributed by atoms with Gasteiger partial charge in [0.05, 0.1) is 16.7 Å². The van der Waals surface area contributed by atoms with Gasteiger partial charge in [-0.15, -0.1) is 0 Å². The Morgan fingerprint density at radius 1 is 1.13 bits per heavy atom. The van der Waals surface area contributed by atoms with Crippen molar-refractivity contribution in [1.82, 2.24) is 9.13 Å². The van der Waals surface area contributed by atoms with Crippen molar-refractivity contribution in [3.8, 4) is 5.88 Å². The molecule has 2 heterocycles. The van der Waals surface area contributed by atoms with Crippen LogP contribution in [0.4, 0.5) is 5.69 Å². The Morgan fingerprint density at radius 3 is 2.39 bits per heavy atom. The summed E-state index contributed by atoms with van der Waals surface area (Å²) in [4.78, 5) is 34.7. The molecular formula is C15H13N3O5. The van der Waals surface area contributed by atoms with Gasteiger partial charge in [0.1, 0.15) is 0 Å². The van der Waals surface area contributed by atoms with Gasteiger partial charge < -0.3 is 4.74 Å². The van der Waals surface area contributed by atoms with Gasteiger partial charge in [0.25, 0.3) is 11.2 Å². The Balaban J connectivity index is 2.20. The van der Waals surface area contributed by atoms with Gasteiger partial charge in [-0.1, -0.05) is 12.1 Å². The SMILES string of the molecule is Cn1c2c(c(=O)n(C)c1=O)C(c1ccc([N+](=O)[O-])cc1)C=CO2. The highest BCUT2D eigenvalue weighted by Crippen LogP contribution is 2.33. The molecule has 0 aliphatic carbocycles. The summed E-state index contributed by atoms with van der Waals surface area (Å²) in [6.45, 7) is 0. The molecule has 0 saturated heterocycles. The maximum atomic E-state index is 12.5. The van der Waals surface area contributed by atoms with Crippen molar-refractivity contribution in [2.45, 2.75) is 5.92 Å². The van der Waals surface area contributed by atoms with Gasteiger partial charge in [0.2, 0.25) is 5.88 Å². The average molecular weight is 315 g/mol. The summed E-state index contributed by atoms with van der Waals surface area (Å²) in [5.74, 6) is -0.256. The average Bonchev–Trinajstić information content (AvgIpc) is 2.57. The number of nitro benzene ring substituents is 1. The quantitative estimate of drug-likeness (QED) is 0.609. The normalized spacial score (nSPS) is 15.8. The number of nitro groups is 1. The molecule has 1 aliphatic heterocycles. The minimum absolute atomic E-state index is 0.0293. The first kappa shape index (κ1) is 14.8. The highest BCUT2D eigenvalue weighted by Gasteiger charge is 2.27. The van der Waals surface area contributed by atoms with Gasteiger partial charge in [-0.2, -0.15) is 0 Å². The van der Waals surface area contributed by atoms with Crippen LogP contribution in [-0.2, 0) is 14.1 Å². The molecule has 0 radical (unpaired) electrons.